The maximum absolute atomic E-state index is 13.2. The van der Waals surface area contributed by atoms with Gasteiger partial charge in [0.1, 0.15) is 6.54 Å². The van der Waals surface area contributed by atoms with E-state index < -0.39 is 5.69 Å². The van der Waals surface area contributed by atoms with Crippen LogP contribution in [0.2, 0.25) is 0 Å². The number of fused-ring (bicyclic) bond motifs is 2. The van der Waals surface area contributed by atoms with Crippen molar-refractivity contribution in [2.24, 2.45) is 5.92 Å². The summed E-state index contributed by atoms with van der Waals surface area (Å²) in [6.07, 6.45) is 6.96. The van der Waals surface area contributed by atoms with Gasteiger partial charge < -0.3 is 4.90 Å². The van der Waals surface area contributed by atoms with Crippen molar-refractivity contribution in [3.05, 3.63) is 45.1 Å². The van der Waals surface area contributed by atoms with Crippen molar-refractivity contribution >= 4 is 16.8 Å². The molecule has 1 aromatic carbocycles. The average molecular weight is 369 g/mol. The van der Waals surface area contributed by atoms with E-state index in [1.54, 1.807) is 31.2 Å². The fourth-order valence-electron chi connectivity index (χ4n) is 4.96. The van der Waals surface area contributed by atoms with Gasteiger partial charge in [0.05, 0.1) is 10.9 Å². The topological polar surface area (TPSA) is 64.3 Å². The summed E-state index contributed by atoms with van der Waals surface area (Å²) in [6, 6.07) is 7.39. The summed E-state index contributed by atoms with van der Waals surface area (Å²) in [7, 11) is 0. The first-order valence-electron chi connectivity index (χ1n) is 10.1. The zero-order valence-electron chi connectivity index (χ0n) is 15.9. The summed E-state index contributed by atoms with van der Waals surface area (Å²) in [4.78, 5) is 40.6. The van der Waals surface area contributed by atoms with Crippen LogP contribution in [0.5, 0.6) is 0 Å². The lowest BCUT2D eigenvalue weighted by molar-refractivity contribution is -0.138. The second-order valence-corrected chi connectivity index (χ2v) is 7.78. The Balaban J connectivity index is 1.72. The Bertz CT molecular complexity index is 973. The van der Waals surface area contributed by atoms with Crippen LogP contribution in [0.4, 0.5) is 0 Å². The number of likely N-dealkylation sites (tertiary alicyclic amines) is 1. The lowest BCUT2D eigenvalue weighted by Crippen LogP contribution is -2.51. The third-order valence-corrected chi connectivity index (χ3v) is 6.31. The molecule has 1 amide bonds. The molecule has 6 nitrogen and oxygen atoms in total. The van der Waals surface area contributed by atoms with Gasteiger partial charge in [-0.3, -0.25) is 18.7 Å². The SMILES string of the molecule is CCn1c(=O)c2ccccc2n(CC(=O)N2CCC[C@H]3CCCC[C@H]32)c1=O. The van der Waals surface area contributed by atoms with E-state index in [9.17, 15) is 14.4 Å². The summed E-state index contributed by atoms with van der Waals surface area (Å²) in [5.74, 6) is 0.606. The van der Waals surface area contributed by atoms with E-state index in [0.717, 1.165) is 19.4 Å². The van der Waals surface area contributed by atoms with E-state index >= 15 is 0 Å². The molecule has 2 aromatic rings. The van der Waals surface area contributed by atoms with Crippen molar-refractivity contribution in [2.75, 3.05) is 6.54 Å². The number of aromatic nitrogens is 2. The molecule has 0 bridgehead atoms. The number of hydrogen-bond donors (Lipinski definition) is 0. The van der Waals surface area contributed by atoms with Crippen LogP contribution in [0.3, 0.4) is 0 Å². The normalized spacial score (nSPS) is 22.6. The third-order valence-electron chi connectivity index (χ3n) is 6.31. The zero-order valence-corrected chi connectivity index (χ0v) is 15.9. The molecule has 0 spiro atoms. The summed E-state index contributed by atoms with van der Waals surface area (Å²) in [6.45, 7) is 2.86. The number of rotatable bonds is 3. The van der Waals surface area contributed by atoms with E-state index in [2.05, 4.69) is 0 Å². The highest BCUT2D eigenvalue weighted by molar-refractivity contribution is 5.82. The number of hydrogen-bond acceptors (Lipinski definition) is 3. The van der Waals surface area contributed by atoms with Crippen molar-refractivity contribution in [3.63, 3.8) is 0 Å². The molecule has 1 aliphatic heterocycles. The Morgan fingerprint density at radius 2 is 1.78 bits per heavy atom. The second kappa shape index (κ2) is 7.33. The lowest BCUT2D eigenvalue weighted by Gasteiger charge is -2.44. The van der Waals surface area contributed by atoms with Crippen LogP contribution in [0.1, 0.15) is 45.4 Å². The smallest absolute Gasteiger partial charge is 0.331 e. The van der Waals surface area contributed by atoms with Gasteiger partial charge in [0, 0.05) is 19.1 Å². The molecule has 0 radical (unpaired) electrons. The fraction of sp³-hybridized carbons (Fsp3) is 0.571. The van der Waals surface area contributed by atoms with Crippen LogP contribution >= 0.6 is 0 Å². The van der Waals surface area contributed by atoms with Crippen LogP contribution in [0, 0.1) is 5.92 Å². The van der Waals surface area contributed by atoms with Gasteiger partial charge in [-0.25, -0.2) is 4.79 Å². The second-order valence-electron chi connectivity index (χ2n) is 7.78. The minimum Gasteiger partial charge on any atom is -0.338 e. The quantitative estimate of drug-likeness (QED) is 0.834. The van der Waals surface area contributed by atoms with Crippen LogP contribution in [0.15, 0.2) is 33.9 Å². The maximum atomic E-state index is 13.2. The van der Waals surface area contributed by atoms with E-state index in [-0.39, 0.29) is 18.0 Å². The molecule has 6 heteroatoms. The molecule has 2 atom stereocenters. The highest BCUT2D eigenvalue weighted by Crippen LogP contribution is 2.35. The number of amides is 1. The molecule has 1 aromatic heterocycles. The number of carbonyl (C=O) groups is 1. The average Bonchev–Trinajstić information content (AvgIpc) is 2.71. The lowest BCUT2D eigenvalue weighted by atomic mass is 9.78. The van der Waals surface area contributed by atoms with Gasteiger partial charge in [-0.2, -0.15) is 0 Å². The largest absolute Gasteiger partial charge is 0.338 e. The van der Waals surface area contributed by atoms with Crippen molar-refractivity contribution in [3.8, 4) is 0 Å². The zero-order chi connectivity index (χ0) is 19.0. The molecule has 0 unspecified atom stereocenters. The van der Waals surface area contributed by atoms with Gasteiger partial charge in [0.2, 0.25) is 5.91 Å². The first-order valence-corrected chi connectivity index (χ1v) is 10.1. The van der Waals surface area contributed by atoms with Gasteiger partial charge in [-0.1, -0.05) is 25.0 Å². The predicted octanol–water partition coefficient (Wildman–Crippen LogP) is 2.36. The summed E-state index contributed by atoms with van der Waals surface area (Å²) < 4.78 is 2.70. The van der Waals surface area contributed by atoms with Crippen molar-refractivity contribution in [1.82, 2.24) is 14.0 Å². The van der Waals surface area contributed by atoms with Crippen LogP contribution in [-0.4, -0.2) is 32.5 Å². The monoisotopic (exact) mass is 369 g/mol. The fourth-order valence-corrected chi connectivity index (χ4v) is 4.96. The van der Waals surface area contributed by atoms with Gasteiger partial charge >= 0.3 is 5.69 Å². The molecule has 2 aliphatic rings. The molecule has 2 heterocycles. The Morgan fingerprint density at radius 1 is 1.04 bits per heavy atom. The van der Waals surface area contributed by atoms with Crippen molar-refractivity contribution in [2.45, 2.75) is 64.6 Å². The molecular weight excluding hydrogens is 342 g/mol. The third kappa shape index (κ3) is 3.11. The molecule has 4 rings (SSSR count). The first kappa shape index (κ1) is 18.0. The van der Waals surface area contributed by atoms with Gasteiger partial charge in [-0.05, 0) is 50.7 Å². The molecule has 1 aliphatic carbocycles. The predicted molar refractivity (Wildman–Crippen MR) is 105 cm³/mol. The van der Waals surface area contributed by atoms with E-state index in [4.69, 9.17) is 0 Å². The Morgan fingerprint density at radius 3 is 2.59 bits per heavy atom. The number of carbonyl (C=O) groups excluding carboxylic acids is 1. The maximum Gasteiger partial charge on any atom is 0.331 e. The van der Waals surface area contributed by atoms with Crippen LogP contribution in [-0.2, 0) is 17.9 Å². The van der Waals surface area contributed by atoms with Crippen molar-refractivity contribution in [1.29, 1.82) is 0 Å². The number of nitrogens with zero attached hydrogens (tertiary/aromatic N) is 3. The first-order chi connectivity index (χ1) is 13.1. The van der Waals surface area contributed by atoms with E-state index in [1.165, 1.54) is 34.8 Å². The van der Waals surface area contributed by atoms with Gasteiger partial charge in [0.15, 0.2) is 0 Å². The minimum atomic E-state index is -0.397. The Kier molecular flexibility index (Phi) is 4.89. The summed E-state index contributed by atoms with van der Waals surface area (Å²) >= 11 is 0. The van der Waals surface area contributed by atoms with E-state index in [1.807, 2.05) is 4.90 Å². The van der Waals surface area contributed by atoms with Crippen LogP contribution in [0.25, 0.3) is 10.9 Å². The number of piperidine rings is 1. The van der Waals surface area contributed by atoms with Crippen molar-refractivity contribution < 1.29 is 4.79 Å². The molecule has 1 saturated carbocycles. The highest BCUT2D eigenvalue weighted by atomic mass is 16.2. The molecule has 0 N–H and O–H groups in total. The van der Waals surface area contributed by atoms with Crippen LogP contribution < -0.4 is 11.2 Å². The van der Waals surface area contributed by atoms with Gasteiger partial charge in [0.25, 0.3) is 5.56 Å². The Hall–Kier alpha value is -2.37. The standard InChI is InChI=1S/C21H27N3O3/c1-2-22-20(26)16-10-4-6-12-18(16)24(21(22)27)14-19(25)23-13-7-9-15-8-3-5-11-17(15)23/h4,6,10,12,15,17H,2-3,5,7-9,11,13-14H2,1H3/t15-,17-/m1/s1. The van der Waals surface area contributed by atoms with Gasteiger partial charge in [-0.15, -0.1) is 0 Å². The number of para-hydroxylation sites is 1. The number of benzene rings is 1. The Labute approximate surface area is 158 Å². The molecule has 27 heavy (non-hydrogen) atoms. The highest BCUT2D eigenvalue weighted by Gasteiger charge is 2.35. The molecule has 2 fully saturated rings. The van der Waals surface area contributed by atoms with E-state index in [0.29, 0.717) is 29.4 Å². The summed E-state index contributed by atoms with van der Waals surface area (Å²) in [5, 5.41) is 0.487. The minimum absolute atomic E-state index is 0.000144. The molecule has 144 valence electrons. The molecular formula is C21H27N3O3. The molecule has 1 saturated heterocycles. The summed E-state index contributed by atoms with van der Waals surface area (Å²) in [5.41, 5.74) is -0.137.